The summed E-state index contributed by atoms with van der Waals surface area (Å²) in [5, 5.41) is 16.7. The quantitative estimate of drug-likeness (QED) is 0.120. The van der Waals surface area contributed by atoms with Gasteiger partial charge in [0.05, 0.1) is 0 Å². The monoisotopic (exact) mass is 847 g/mol. The Balaban J connectivity index is 0.00000166. The molecule has 0 aromatic heterocycles. The first kappa shape index (κ1) is 41.8. The third-order valence-corrected chi connectivity index (χ3v) is 15.6. The molecule has 2 unspecified atom stereocenters. The molecular formula is C48H52Cl2CoN2P2. The number of aryl methyl sites for hydroxylation is 4. The van der Waals surface area contributed by atoms with E-state index in [1.54, 1.807) is 0 Å². The zero-order valence-electron chi connectivity index (χ0n) is 32.2. The molecule has 1 aliphatic rings. The van der Waals surface area contributed by atoms with Crippen molar-refractivity contribution in [3.8, 4) is 0 Å². The Kier molecular flexibility index (Phi) is 16.0. The second-order valence-corrected chi connectivity index (χ2v) is 20.7. The van der Waals surface area contributed by atoms with Crippen molar-refractivity contribution in [2.24, 2.45) is 0 Å². The number of benzene rings is 6. The third-order valence-electron chi connectivity index (χ3n) is 10.5. The van der Waals surface area contributed by atoms with E-state index in [2.05, 4.69) is 184 Å². The fourth-order valence-electron chi connectivity index (χ4n) is 7.49. The first-order valence-corrected chi connectivity index (χ1v) is 24.7. The van der Waals surface area contributed by atoms with Crippen LogP contribution in [0, 0.1) is 27.7 Å². The normalized spacial score (nSPS) is 15.6. The molecule has 0 heterocycles. The summed E-state index contributed by atoms with van der Waals surface area (Å²) in [5.41, 5.74) is 8.03. The SMILES string of the molecule is Cc1ccc(P(c2ccc(C)cc2)c2ccccc2CNC2CCCCC2NCc2ccccc2P(c2ccc(C)cc2)c2ccc(C)cc2)cc1.[Cl][Co][Cl]. The molecule has 7 rings (SSSR count). The maximum atomic E-state index is 4.73. The van der Waals surface area contributed by atoms with Crippen molar-refractivity contribution in [1.29, 1.82) is 0 Å². The standard InChI is InChI=1S/C48H52N2P2.2ClH.Co/c1-35-17-25-41(26-18-35)51(42-27-19-36(2)20-28-42)47-15-9-5-11-39(47)33-49-45-13-7-8-14-46(45)50-34-40-12-6-10-16-48(40)52(43-29-21-37(3)22-30-43)44-31-23-38(4)24-32-44;;;/h5-6,9-12,15-32,45-46,49-50H,7-8,13-14,33-34H2,1-4H3;2*1H;/q;;;+2/p-2. The molecule has 2 nitrogen and oxygen atoms in total. The molecule has 6 aromatic rings. The number of hydrogen-bond acceptors (Lipinski definition) is 2. The number of rotatable bonds is 12. The van der Waals surface area contributed by atoms with E-state index in [0.717, 1.165) is 13.1 Å². The van der Waals surface area contributed by atoms with Gasteiger partial charge >= 0.3 is 33.2 Å². The Labute approximate surface area is 346 Å². The summed E-state index contributed by atoms with van der Waals surface area (Å²) in [6.45, 7) is 10.5. The van der Waals surface area contributed by atoms with Gasteiger partial charge in [-0.3, -0.25) is 0 Å². The molecule has 0 amide bonds. The molecule has 1 saturated carbocycles. The Morgan fingerprint density at radius 3 is 1.02 bits per heavy atom. The van der Waals surface area contributed by atoms with Crippen LogP contribution in [0.1, 0.15) is 59.1 Å². The van der Waals surface area contributed by atoms with E-state index in [4.69, 9.17) is 20.3 Å². The van der Waals surface area contributed by atoms with Crippen LogP contribution in [-0.2, 0) is 26.0 Å². The molecule has 2 N–H and O–H groups in total. The Morgan fingerprint density at radius 1 is 0.455 bits per heavy atom. The summed E-state index contributed by atoms with van der Waals surface area (Å²) >= 11 is 0.382. The summed E-state index contributed by atoms with van der Waals surface area (Å²) in [7, 11) is 8.12. The molecular weight excluding hydrogens is 796 g/mol. The maximum absolute atomic E-state index is 4.73. The van der Waals surface area contributed by atoms with Crippen LogP contribution in [0.4, 0.5) is 0 Å². The number of nitrogens with one attached hydrogen (secondary N) is 2. The van der Waals surface area contributed by atoms with Gasteiger partial charge in [0.25, 0.3) is 0 Å². The van der Waals surface area contributed by atoms with E-state index in [0.29, 0.717) is 25.0 Å². The molecule has 0 bridgehead atoms. The molecule has 1 fully saturated rings. The Hall–Kier alpha value is -2.81. The molecule has 6 aromatic carbocycles. The third kappa shape index (κ3) is 11.4. The van der Waals surface area contributed by atoms with Crippen LogP contribution < -0.4 is 42.5 Å². The summed E-state index contributed by atoms with van der Waals surface area (Å²) < 4.78 is 0. The van der Waals surface area contributed by atoms with Crippen molar-refractivity contribution < 1.29 is 12.9 Å². The Bertz CT molecular complexity index is 1830. The molecule has 55 heavy (non-hydrogen) atoms. The van der Waals surface area contributed by atoms with E-state index in [1.807, 2.05) is 0 Å². The zero-order chi connectivity index (χ0) is 38.6. The van der Waals surface area contributed by atoms with E-state index >= 15 is 0 Å². The molecule has 1 aliphatic carbocycles. The minimum atomic E-state index is -0.675. The van der Waals surface area contributed by atoms with Gasteiger partial charge < -0.3 is 10.6 Å². The number of hydrogen-bond donors (Lipinski definition) is 2. The molecule has 2 atom stereocenters. The van der Waals surface area contributed by atoms with Crippen molar-refractivity contribution >= 4 is 68.0 Å². The van der Waals surface area contributed by atoms with Crippen LogP contribution in [0.25, 0.3) is 0 Å². The van der Waals surface area contributed by atoms with Gasteiger partial charge in [0, 0.05) is 25.2 Å². The molecule has 287 valence electrons. The van der Waals surface area contributed by atoms with Gasteiger partial charge in [-0.1, -0.05) is 181 Å². The molecule has 0 saturated heterocycles. The zero-order valence-corrected chi connectivity index (χ0v) is 36.6. The fraction of sp³-hybridized carbons (Fsp3) is 0.250. The topological polar surface area (TPSA) is 24.1 Å². The summed E-state index contributed by atoms with van der Waals surface area (Å²) in [5.74, 6) is 0. The van der Waals surface area contributed by atoms with Gasteiger partial charge in [0.15, 0.2) is 0 Å². The van der Waals surface area contributed by atoms with Gasteiger partial charge in [-0.25, -0.2) is 0 Å². The Morgan fingerprint density at radius 2 is 0.727 bits per heavy atom. The van der Waals surface area contributed by atoms with Crippen LogP contribution in [0.5, 0.6) is 0 Å². The van der Waals surface area contributed by atoms with Crippen molar-refractivity contribution in [2.45, 2.75) is 78.6 Å². The van der Waals surface area contributed by atoms with Crippen molar-refractivity contribution in [3.05, 3.63) is 179 Å². The summed E-state index contributed by atoms with van der Waals surface area (Å²) in [6.07, 6.45) is 4.95. The first-order valence-electron chi connectivity index (χ1n) is 19.2. The van der Waals surface area contributed by atoms with Crippen LogP contribution in [0.3, 0.4) is 0 Å². The van der Waals surface area contributed by atoms with E-state index in [9.17, 15) is 0 Å². The van der Waals surface area contributed by atoms with Gasteiger partial charge in [-0.2, -0.15) is 0 Å². The molecule has 0 radical (unpaired) electrons. The van der Waals surface area contributed by atoms with Gasteiger partial charge in [-0.15, -0.1) is 0 Å². The summed E-state index contributed by atoms with van der Waals surface area (Å²) in [4.78, 5) is 0. The molecule has 0 aliphatic heterocycles. The predicted octanol–water partition coefficient (Wildman–Crippen LogP) is 10.0. The van der Waals surface area contributed by atoms with E-state index in [-0.39, 0.29) is 0 Å². The van der Waals surface area contributed by atoms with Gasteiger partial charge in [0.2, 0.25) is 0 Å². The number of halogens is 2. The van der Waals surface area contributed by atoms with Crippen LogP contribution in [0.2, 0.25) is 0 Å². The van der Waals surface area contributed by atoms with Crippen LogP contribution in [0.15, 0.2) is 146 Å². The minimum absolute atomic E-state index is 0.382. The van der Waals surface area contributed by atoms with Crippen molar-refractivity contribution in [1.82, 2.24) is 10.6 Å². The summed E-state index contributed by atoms with van der Waals surface area (Å²) in [6, 6.07) is 56.0. The average Bonchev–Trinajstić information content (AvgIpc) is 3.21. The molecule has 0 spiro atoms. The van der Waals surface area contributed by atoms with Crippen molar-refractivity contribution in [2.75, 3.05) is 0 Å². The van der Waals surface area contributed by atoms with E-state index in [1.165, 1.54) is 90.9 Å². The van der Waals surface area contributed by atoms with Crippen LogP contribution >= 0.6 is 36.1 Å². The van der Waals surface area contributed by atoms with Crippen molar-refractivity contribution in [3.63, 3.8) is 0 Å². The van der Waals surface area contributed by atoms with Gasteiger partial charge in [0.1, 0.15) is 0 Å². The van der Waals surface area contributed by atoms with Gasteiger partial charge in [-0.05, 0) is 99.3 Å². The van der Waals surface area contributed by atoms with Crippen LogP contribution in [-0.4, -0.2) is 12.1 Å². The second kappa shape index (κ2) is 21.1. The molecule has 7 heteroatoms. The average molecular weight is 849 g/mol. The fourth-order valence-corrected chi connectivity index (χ4v) is 12.3. The second-order valence-electron chi connectivity index (χ2n) is 14.6. The van der Waals surface area contributed by atoms with E-state index < -0.39 is 15.8 Å². The predicted molar refractivity (Wildman–Crippen MR) is 241 cm³/mol. The first-order chi connectivity index (χ1) is 26.8.